The molecule has 1 aliphatic rings. The third-order valence-electron chi connectivity index (χ3n) is 3.53. The second-order valence-electron chi connectivity index (χ2n) is 4.97. The maximum absolute atomic E-state index is 11.6. The topological polar surface area (TPSA) is 61.4 Å². The molecule has 4 heteroatoms. The number of aliphatic hydroxyl groups excluding tert-OH is 1. The Bertz CT molecular complexity index is 221. The van der Waals surface area contributed by atoms with E-state index in [1.807, 2.05) is 13.8 Å². The number of rotatable bonds is 6. The molecule has 0 bridgehead atoms. The molecule has 1 unspecified atom stereocenters. The van der Waals surface area contributed by atoms with Gasteiger partial charge in [0.2, 0.25) is 5.91 Å². The first-order chi connectivity index (χ1) is 7.59. The van der Waals surface area contributed by atoms with Gasteiger partial charge in [-0.25, -0.2) is 0 Å². The van der Waals surface area contributed by atoms with Gasteiger partial charge in [0.1, 0.15) is 0 Å². The zero-order valence-corrected chi connectivity index (χ0v) is 10.4. The highest BCUT2D eigenvalue weighted by Crippen LogP contribution is 2.17. The van der Waals surface area contributed by atoms with Crippen molar-refractivity contribution in [1.29, 1.82) is 0 Å². The number of hydrogen-bond donors (Lipinski definition) is 3. The average Bonchev–Trinajstić information content (AvgIpc) is 2.79. The monoisotopic (exact) mass is 228 g/mol. The van der Waals surface area contributed by atoms with Crippen molar-refractivity contribution in [1.82, 2.24) is 10.6 Å². The van der Waals surface area contributed by atoms with Gasteiger partial charge in [-0.2, -0.15) is 0 Å². The molecule has 0 radical (unpaired) electrons. The Morgan fingerprint density at radius 1 is 1.44 bits per heavy atom. The SMILES string of the molecule is CCC(C)(CO)NCC(=O)NC1CCCC1. The van der Waals surface area contributed by atoms with E-state index in [1.165, 1.54) is 12.8 Å². The molecule has 0 spiro atoms. The maximum Gasteiger partial charge on any atom is 0.234 e. The highest BCUT2D eigenvalue weighted by Gasteiger charge is 2.22. The molecule has 3 N–H and O–H groups in total. The van der Waals surface area contributed by atoms with Gasteiger partial charge in [0, 0.05) is 11.6 Å². The fourth-order valence-corrected chi connectivity index (χ4v) is 1.94. The minimum atomic E-state index is -0.340. The van der Waals surface area contributed by atoms with Crippen LogP contribution < -0.4 is 10.6 Å². The summed E-state index contributed by atoms with van der Waals surface area (Å²) in [4.78, 5) is 11.6. The largest absolute Gasteiger partial charge is 0.394 e. The lowest BCUT2D eigenvalue weighted by atomic mass is 10.0. The predicted molar refractivity (Wildman–Crippen MR) is 64.2 cm³/mol. The summed E-state index contributed by atoms with van der Waals surface area (Å²) in [6.07, 6.45) is 5.47. The second kappa shape index (κ2) is 6.21. The van der Waals surface area contributed by atoms with Crippen molar-refractivity contribution < 1.29 is 9.90 Å². The van der Waals surface area contributed by atoms with E-state index in [1.54, 1.807) is 0 Å². The van der Waals surface area contributed by atoms with E-state index >= 15 is 0 Å². The zero-order valence-electron chi connectivity index (χ0n) is 10.4. The molecule has 0 saturated heterocycles. The molecule has 1 aliphatic carbocycles. The van der Waals surface area contributed by atoms with Crippen LogP contribution in [0.5, 0.6) is 0 Å². The smallest absolute Gasteiger partial charge is 0.234 e. The lowest BCUT2D eigenvalue weighted by Gasteiger charge is -2.27. The van der Waals surface area contributed by atoms with Crippen LogP contribution in [0.1, 0.15) is 46.0 Å². The van der Waals surface area contributed by atoms with Crippen molar-refractivity contribution in [3.05, 3.63) is 0 Å². The van der Waals surface area contributed by atoms with E-state index < -0.39 is 0 Å². The average molecular weight is 228 g/mol. The van der Waals surface area contributed by atoms with E-state index in [-0.39, 0.29) is 18.1 Å². The van der Waals surface area contributed by atoms with Crippen molar-refractivity contribution in [2.24, 2.45) is 0 Å². The first-order valence-electron chi connectivity index (χ1n) is 6.25. The van der Waals surface area contributed by atoms with Gasteiger partial charge in [-0.05, 0) is 26.2 Å². The van der Waals surface area contributed by atoms with Gasteiger partial charge < -0.3 is 15.7 Å². The molecule has 1 saturated carbocycles. The first kappa shape index (κ1) is 13.5. The van der Waals surface area contributed by atoms with Crippen LogP contribution in [0.2, 0.25) is 0 Å². The van der Waals surface area contributed by atoms with E-state index in [4.69, 9.17) is 0 Å². The Labute approximate surface area is 97.8 Å². The Kier molecular flexibility index (Phi) is 5.22. The number of nitrogens with one attached hydrogen (secondary N) is 2. The van der Waals surface area contributed by atoms with E-state index in [0.717, 1.165) is 19.3 Å². The first-order valence-corrected chi connectivity index (χ1v) is 6.25. The third-order valence-corrected chi connectivity index (χ3v) is 3.53. The van der Waals surface area contributed by atoms with Crippen LogP contribution >= 0.6 is 0 Å². The molecular formula is C12H24N2O2. The molecular weight excluding hydrogens is 204 g/mol. The summed E-state index contributed by atoms with van der Waals surface area (Å²) in [6.45, 7) is 4.27. The molecule has 0 aromatic rings. The molecule has 1 rings (SSSR count). The van der Waals surface area contributed by atoms with E-state index in [9.17, 15) is 9.90 Å². The van der Waals surface area contributed by atoms with Crippen LogP contribution in [0, 0.1) is 0 Å². The van der Waals surface area contributed by atoms with Crippen LogP contribution in [0.25, 0.3) is 0 Å². The van der Waals surface area contributed by atoms with Crippen molar-refractivity contribution in [2.75, 3.05) is 13.2 Å². The second-order valence-corrected chi connectivity index (χ2v) is 4.97. The van der Waals surface area contributed by atoms with Crippen molar-refractivity contribution in [3.63, 3.8) is 0 Å². The number of carbonyl (C=O) groups is 1. The van der Waals surface area contributed by atoms with Crippen LogP contribution in [0.4, 0.5) is 0 Å². The summed E-state index contributed by atoms with van der Waals surface area (Å²) in [5.74, 6) is 0.0417. The highest BCUT2D eigenvalue weighted by atomic mass is 16.3. The quantitative estimate of drug-likeness (QED) is 0.630. The van der Waals surface area contributed by atoms with Gasteiger partial charge in [-0.3, -0.25) is 4.79 Å². The van der Waals surface area contributed by atoms with Crippen LogP contribution in [-0.2, 0) is 4.79 Å². The van der Waals surface area contributed by atoms with Crippen LogP contribution in [-0.4, -0.2) is 35.7 Å². The predicted octanol–water partition coefficient (Wildman–Crippen LogP) is 0.796. The minimum absolute atomic E-state index is 0.0417. The zero-order chi connectivity index (χ0) is 12.0. The Hall–Kier alpha value is -0.610. The van der Waals surface area contributed by atoms with Crippen LogP contribution in [0.15, 0.2) is 0 Å². The molecule has 1 atom stereocenters. The number of carbonyl (C=O) groups excluding carboxylic acids is 1. The molecule has 1 fully saturated rings. The van der Waals surface area contributed by atoms with Gasteiger partial charge in [0.05, 0.1) is 13.2 Å². The fourth-order valence-electron chi connectivity index (χ4n) is 1.94. The Balaban J connectivity index is 2.23. The lowest BCUT2D eigenvalue weighted by molar-refractivity contribution is -0.121. The lowest BCUT2D eigenvalue weighted by Crippen LogP contribution is -2.50. The summed E-state index contributed by atoms with van der Waals surface area (Å²) in [5, 5.41) is 15.3. The van der Waals surface area contributed by atoms with Crippen molar-refractivity contribution in [2.45, 2.75) is 57.5 Å². The summed E-state index contributed by atoms with van der Waals surface area (Å²) in [6, 6.07) is 0.372. The van der Waals surface area contributed by atoms with Gasteiger partial charge in [0.25, 0.3) is 0 Å². The molecule has 1 amide bonds. The van der Waals surface area contributed by atoms with Gasteiger partial charge in [-0.1, -0.05) is 19.8 Å². The summed E-state index contributed by atoms with van der Waals surface area (Å²) in [5.41, 5.74) is -0.340. The molecule has 94 valence electrons. The standard InChI is InChI=1S/C12H24N2O2/c1-3-12(2,9-15)13-8-11(16)14-10-6-4-5-7-10/h10,13,15H,3-9H2,1-2H3,(H,14,16). The van der Waals surface area contributed by atoms with Crippen molar-refractivity contribution >= 4 is 5.91 Å². The third kappa shape index (κ3) is 4.10. The van der Waals surface area contributed by atoms with Gasteiger partial charge >= 0.3 is 0 Å². The van der Waals surface area contributed by atoms with Gasteiger partial charge in [0.15, 0.2) is 0 Å². The molecule has 0 heterocycles. The van der Waals surface area contributed by atoms with Crippen molar-refractivity contribution in [3.8, 4) is 0 Å². The maximum atomic E-state index is 11.6. The Morgan fingerprint density at radius 2 is 2.06 bits per heavy atom. The molecule has 0 aromatic heterocycles. The summed E-state index contributed by atoms with van der Waals surface area (Å²) < 4.78 is 0. The normalized spacial score (nSPS) is 20.7. The number of hydrogen-bond acceptors (Lipinski definition) is 3. The molecule has 0 aliphatic heterocycles. The highest BCUT2D eigenvalue weighted by molar-refractivity contribution is 5.78. The van der Waals surface area contributed by atoms with E-state index in [0.29, 0.717) is 12.6 Å². The van der Waals surface area contributed by atoms with E-state index in [2.05, 4.69) is 10.6 Å². The Morgan fingerprint density at radius 3 is 2.56 bits per heavy atom. The molecule has 4 nitrogen and oxygen atoms in total. The van der Waals surface area contributed by atoms with Gasteiger partial charge in [-0.15, -0.1) is 0 Å². The number of aliphatic hydroxyl groups is 1. The summed E-state index contributed by atoms with van der Waals surface area (Å²) in [7, 11) is 0. The fraction of sp³-hybridized carbons (Fsp3) is 0.917. The van der Waals surface area contributed by atoms with Crippen LogP contribution in [0.3, 0.4) is 0 Å². The number of amides is 1. The molecule has 0 aromatic carbocycles. The minimum Gasteiger partial charge on any atom is -0.394 e. The summed E-state index contributed by atoms with van der Waals surface area (Å²) >= 11 is 0. The molecule has 16 heavy (non-hydrogen) atoms.